The molecule has 9 heteroatoms. The van der Waals surface area contributed by atoms with E-state index in [4.69, 9.17) is 4.74 Å². The summed E-state index contributed by atoms with van der Waals surface area (Å²) >= 11 is 0. The molecule has 1 aliphatic heterocycles. The number of hydrogen-bond donors (Lipinski definition) is 1. The molecular weight excluding hydrogens is 445 g/mol. The number of benzene rings is 2. The molecule has 0 bridgehead atoms. The summed E-state index contributed by atoms with van der Waals surface area (Å²) in [5, 5.41) is 3.70. The van der Waals surface area contributed by atoms with Crippen LogP contribution in [0, 0.1) is 0 Å². The maximum atomic E-state index is 12.2. The molecule has 6 nitrogen and oxygen atoms in total. The van der Waals surface area contributed by atoms with Gasteiger partial charge in [-0.1, -0.05) is 18.2 Å². The van der Waals surface area contributed by atoms with Crippen LogP contribution >= 0.6 is 24.8 Å². The number of rotatable bonds is 7. The molecule has 0 aliphatic carbocycles. The van der Waals surface area contributed by atoms with E-state index in [0.29, 0.717) is 10.9 Å². The lowest BCUT2D eigenvalue weighted by Gasteiger charge is -2.23. The quantitative estimate of drug-likeness (QED) is 0.660. The monoisotopic (exact) mass is 475 g/mol. The summed E-state index contributed by atoms with van der Waals surface area (Å²) < 4.78 is 31.1. The first-order valence-corrected chi connectivity index (χ1v) is 10.9. The van der Waals surface area contributed by atoms with E-state index in [-0.39, 0.29) is 30.9 Å². The van der Waals surface area contributed by atoms with Crippen LogP contribution in [0.5, 0.6) is 5.75 Å². The van der Waals surface area contributed by atoms with Gasteiger partial charge in [0.05, 0.1) is 12.0 Å². The Labute approximate surface area is 192 Å². The van der Waals surface area contributed by atoms with E-state index in [2.05, 4.69) is 23.2 Å². The molecule has 1 N–H and O–H groups in total. The van der Waals surface area contributed by atoms with Crippen molar-refractivity contribution in [1.29, 1.82) is 0 Å². The summed E-state index contributed by atoms with van der Waals surface area (Å²) in [4.78, 5) is 2.61. The fourth-order valence-electron chi connectivity index (χ4n) is 3.64. The van der Waals surface area contributed by atoms with Crippen molar-refractivity contribution in [2.75, 3.05) is 39.2 Å². The smallest absolute Gasteiger partial charge is 0.242 e. The first kappa shape index (κ1) is 26.5. The highest BCUT2D eigenvalue weighted by molar-refractivity contribution is 7.89. The first-order chi connectivity index (χ1) is 13.3. The standard InChI is InChI=1S/C21H29N3O3S.2ClH/c1-16(20-7-5-6-8-21(20)27-4)22-17-13-14-24(15-17)18-9-11-19(12-10-18)28(25,26)23(2)3;;/h5-12,16-17,22H,13-15H2,1-4H3;2*1H/t16?,17-;;/m0../s1. The largest absolute Gasteiger partial charge is 0.496 e. The van der Waals surface area contributed by atoms with Gasteiger partial charge in [-0.3, -0.25) is 0 Å². The van der Waals surface area contributed by atoms with Gasteiger partial charge >= 0.3 is 0 Å². The van der Waals surface area contributed by atoms with Crippen LogP contribution in [0.25, 0.3) is 0 Å². The minimum Gasteiger partial charge on any atom is -0.496 e. The molecular formula is C21H31Cl2N3O3S. The Morgan fingerprint density at radius 2 is 1.73 bits per heavy atom. The summed E-state index contributed by atoms with van der Waals surface area (Å²) in [5.74, 6) is 0.898. The molecule has 1 unspecified atom stereocenters. The number of anilines is 1. The highest BCUT2D eigenvalue weighted by atomic mass is 35.5. The predicted octanol–water partition coefficient (Wildman–Crippen LogP) is 3.72. The van der Waals surface area contributed by atoms with Crippen LogP contribution in [0.2, 0.25) is 0 Å². The third-order valence-electron chi connectivity index (χ3n) is 5.26. The van der Waals surface area contributed by atoms with E-state index in [1.807, 2.05) is 30.3 Å². The number of nitrogens with zero attached hydrogens (tertiary/aromatic N) is 2. The van der Waals surface area contributed by atoms with E-state index in [0.717, 1.165) is 36.5 Å². The van der Waals surface area contributed by atoms with Gasteiger partial charge in [0.1, 0.15) is 5.75 Å². The second-order valence-corrected chi connectivity index (χ2v) is 9.50. The highest BCUT2D eigenvalue weighted by Gasteiger charge is 2.25. The molecule has 0 amide bonds. The average Bonchev–Trinajstić information content (AvgIpc) is 3.16. The number of hydrogen-bond acceptors (Lipinski definition) is 5. The summed E-state index contributed by atoms with van der Waals surface area (Å²) in [7, 11) is 1.40. The molecule has 2 aromatic carbocycles. The van der Waals surface area contributed by atoms with Crippen LogP contribution in [-0.2, 0) is 10.0 Å². The lowest BCUT2D eigenvalue weighted by Crippen LogP contribution is -2.34. The summed E-state index contributed by atoms with van der Waals surface area (Å²) in [5.41, 5.74) is 2.20. The molecule has 30 heavy (non-hydrogen) atoms. The van der Waals surface area contributed by atoms with E-state index >= 15 is 0 Å². The molecule has 0 saturated carbocycles. The molecule has 2 aromatic rings. The number of ether oxygens (including phenoxy) is 1. The van der Waals surface area contributed by atoms with E-state index in [1.54, 1.807) is 33.3 Å². The topological polar surface area (TPSA) is 61.9 Å². The van der Waals surface area contributed by atoms with Gasteiger partial charge in [0.25, 0.3) is 0 Å². The van der Waals surface area contributed by atoms with Gasteiger partial charge in [-0.2, -0.15) is 0 Å². The molecule has 3 rings (SSSR count). The van der Waals surface area contributed by atoms with Gasteiger partial charge < -0.3 is 15.0 Å². The molecule has 1 saturated heterocycles. The number of methoxy groups -OCH3 is 1. The van der Waals surface area contributed by atoms with Gasteiger partial charge in [0.15, 0.2) is 0 Å². The normalized spacial score (nSPS) is 17.2. The zero-order chi connectivity index (χ0) is 20.3. The number of nitrogens with one attached hydrogen (secondary N) is 1. The van der Waals surface area contributed by atoms with Gasteiger partial charge in [0, 0.05) is 50.5 Å². The van der Waals surface area contributed by atoms with Gasteiger partial charge in [-0.15, -0.1) is 24.8 Å². The summed E-state index contributed by atoms with van der Waals surface area (Å²) in [6.07, 6.45) is 1.04. The lowest BCUT2D eigenvalue weighted by atomic mass is 10.1. The predicted molar refractivity (Wildman–Crippen MR) is 127 cm³/mol. The van der Waals surface area contributed by atoms with E-state index < -0.39 is 10.0 Å². The van der Waals surface area contributed by atoms with Crippen LogP contribution < -0.4 is 15.0 Å². The highest BCUT2D eigenvalue weighted by Crippen LogP contribution is 2.27. The van der Waals surface area contributed by atoms with Crippen molar-refractivity contribution in [2.24, 2.45) is 0 Å². The fraction of sp³-hybridized carbons (Fsp3) is 0.429. The SMILES string of the molecule is COc1ccccc1C(C)N[C@H]1CCN(c2ccc(S(=O)(=O)N(C)C)cc2)C1.Cl.Cl. The van der Waals surface area contributed by atoms with Crippen LogP contribution in [-0.4, -0.2) is 53.1 Å². The van der Waals surface area contributed by atoms with Crippen molar-refractivity contribution < 1.29 is 13.2 Å². The van der Waals surface area contributed by atoms with E-state index in [1.165, 1.54) is 4.31 Å². The Balaban J connectivity index is 0.00000225. The Kier molecular flexibility index (Phi) is 9.91. The van der Waals surface area contributed by atoms with Crippen molar-refractivity contribution in [3.8, 4) is 5.75 Å². The summed E-state index contributed by atoms with van der Waals surface area (Å²) in [6.45, 7) is 3.98. The molecule has 2 atom stereocenters. The molecule has 0 radical (unpaired) electrons. The van der Waals surface area contributed by atoms with E-state index in [9.17, 15) is 8.42 Å². The van der Waals surface area contributed by atoms with Gasteiger partial charge in [-0.05, 0) is 43.7 Å². The van der Waals surface area contributed by atoms with Crippen LogP contribution in [0.1, 0.15) is 24.9 Å². The second-order valence-electron chi connectivity index (χ2n) is 7.34. The third kappa shape index (κ3) is 5.80. The molecule has 0 aromatic heterocycles. The Bertz CT molecular complexity index is 908. The van der Waals surface area contributed by atoms with Crippen LogP contribution in [0.15, 0.2) is 53.4 Å². The zero-order valence-corrected chi connectivity index (χ0v) is 20.2. The third-order valence-corrected chi connectivity index (χ3v) is 7.09. The minimum atomic E-state index is -3.39. The molecule has 1 aliphatic rings. The van der Waals surface area contributed by atoms with Crippen molar-refractivity contribution in [1.82, 2.24) is 9.62 Å². The first-order valence-electron chi connectivity index (χ1n) is 9.49. The molecule has 1 fully saturated rings. The van der Waals surface area contributed by atoms with Crippen molar-refractivity contribution in [2.45, 2.75) is 30.3 Å². The average molecular weight is 476 g/mol. The van der Waals surface area contributed by atoms with Crippen LogP contribution in [0.4, 0.5) is 5.69 Å². The maximum Gasteiger partial charge on any atom is 0.242 e. The lowest BCUT2D eigenvalue weighted by molar-refractivity contribution is 0.395. The van der Waals surface area contributed by atoms with Gasteiger partial charge in [-0.25, -0.2) is 12.7 Å². The minimum absolute atomic E-state index is 0. The molecule has 168 valence electrons. The Morgan fingerprint density at radius 3 is 2.33 bits per heavy atom. The van der Waals surface area contributed by atoms with Crippen LogP contribution in [0.3, 0.4) is 0 Å². The number of para-hydroxylation sites is 1. The summed E-state index contributed by atoms with van der Waals surface area (Å²) in [6, 6.07) is 15.8. The van der Waals surface area contributed by atoms with Crippen molar-refractivity contribution >= 4 is 40.5 Å². The zero-order valence-electron chi connectivity index (χ0n) is 17.7. The Morgan fingerprint density at radius 1 is 1.10 bits per heavy atom. The fourth-order valence-corrected chi connectivity index (χ4v) is 4.54. The van der Waals surface area contributed by atoms with Crippen molar-refractivity contribution in [3.05, 3.63) is 54.1 Å². The molecule has 0 spiro atoms. The van der Waals surface area contributed by atoms with Gasteiger partial charge in [0.2, 0.25) is 10.0 Å². The number of halogens is 2. The number of sulfonamides is 1. The second kappa shape index (κ2) is 11.2. The Hall–Kier alpha value is -1.51. The van der Waals surface area contributed by atoms with Crippen molar-refractivity contribution in [3.63, 3.8) is 0 Å². The molecule has 1 heterocycles. The maximum absolute atomic E-state index is 12.2.